The van der Waals surface area contributed by atoms with Crippen LogP contribution in [0.2, 0.25) is 10.0 Å². The molecular weight excluding hydrogens is 468 g/mol. The van der Waals surface area contributed by atoms with Crippen molar-refractivity contribution in [2.24, 2.45) is 0 Å². The predicted molar refractivity (Wildman–Crippen MR) is 126 cm³/mol. The summed E-state index contributed by atoms with van der Waals surface area (Å²) >= 11 is 12.3. The van der Waals surface area contributed by atoms with E-state index >= 15 is 0 Å². The van der Waals surface area contributed by atoms with E-state index in [1.807, 2.05) is 0 Å². The summed E-state index contributed by atoms with van der Waals surface area (Å²) in [7, 11) is 3.10. The molecule has 0 spiro atoms. The van der Waals surface area contributed by atoms with Gasteiger partial charge in [-0.3, -0.25) is 4.79 Å². The van der Waals surface area contributed by atoms with Gasteiger partial charge in [0, 0.05) is 17.3 Å². The number of anilines is 1. The zero-order valence-electron chi connectivity index (χ0n) is 17.6. The molecule has 0 fully saturated rings. The lowest BCUT2D eigenvalue weighted by molar-refractivity contribution is 0.101. The van der Waals surface area contributed by atoms with E-state index in [2.05, 4.69) is 10.4 Å². The molecule has 6 nitrogen and oxygen atoms in total. The van der Waals surface area contributed by atoms with Gasteiger partial charge in [-0.2, -0.15) is 5.10 Å². The number of nitrogens with zero attached hydrogens (tertiary/aromatic N) is 2. The van der Waals surface area contributed by atoms with Crippen molar-refractivity contribution in [2.75, 3.05) is 19.5 Å². The summed E-state index contributed by atoms with van der Waals surface area (Å²) in [6, 6.07) is 17.3. The first-order valence-corrected chi connectivity index (χ1v) is 10.5. The third-order valence-electron chi connectivity index (χ3n) is 4.88. The summed E-state index contributed by atoms with van der Waals surface area (Å²) in [5.41, 5.74) is 2.35. The van der Waals surface area contributed by atoms with Crippen LogP contribution in [0.15, 0.2) is 66.7 Å². The number of hydrogen-bond acceptors (Lipinski definition) is 4. The molecule has 0 aliphatic carbocycles. The van der Waals surface area contributed by atoms with Gasteiger partial charge in [-0.05, 0) is 60.7 Å². The number of aromatic nitrogens is 2. The minimum atomic E-state index is -0.445. The number of methoxy groups -OCH3 is 2. The number of nitrogens with one attached hydrogen (secondary N) is 1. The van der Waals surface area contributed by atoms with Crippen LogP contribution in [0.5, 0.6) is 11.5 Å². The number of ether oxygens (including phenoxy) is 2. The van der Waals surface area contributed by atoms with Crippen LogP contribution in [-0.2, 0) is 0 Å². The van der Waals surface area contributed by atoms with E-state index in [-0.39, 0.29) is 5.69 Å². The predicted octanol–water partition coefficient (Wildman–Crippen LogP) is 6.25. The van der Waals surface area contributed by atoms with Gasteiger partial charge < -0.3 is 14.8 Å². The topological polar surface area (TPSA) is 65.4 Å². The Morgan fingerprint density at radius 2 is 1.70 bits per heavy atom. The molecule has 0 saturated carbocycles. The number of benzene rings is 3. The van der Waals surface area contributed by atoms with E-state index in [0.29, 0.717) is 44.2 Å². The molecule has 3 aromatic carbocycles. The molecule has 0 bridgehead atoms. The number of hydrogen-bond donors (Lipinski definition) is 1. The molecule has 0 aliphatic heterocycles. The third kappa shape index (κ3) is 4.79. The van der Waals surface area contributed by atoms with Crippen molar-refractivity contribution in [1.82, 2.24) is 9.78 Å². The lowest BCUT2D eigenvalue weighted by atomic mass is 10.1. The normalized spacial score (nSPS) is 10.7. The van der Waals surface area contributed by atoms with Gasteiger partial charge in [0.1, 0.15) is 23.0 Å². The maximum absolute atomic E-state index is 13.2. The van der Waals surface area contributed by atoms with Crippen LogP contribution in [0.1, 0.15) is 10.5 Å². The molecule has 0 atom stereocenters. The monoisotopic (exact) mass is 485 g/mol. The van der Waals surface area contributed by atoms with E-state index in [4.69, 9.17) is 32.7 Å². The number of carbonyl (C=O) groups is 1. The van der Waals surface area contributed by atoms with Crippen molar-refractivity contribution in [1.29, 1.82) is 0 Å². The molecule has 1 N–H and O–H groups in total. The van der Waals surface area contributed by atoms with Gasteiger partial charge in [0.15, 0.2) is 0 Å². The fourth-order valence-corrected chi connectivity index (χ4v) is 3.52. The summed E-state index contributed by atoms with van der Waals surface area (Å²) in [6.07, 6.45) is 0. The zero-order valence-corrected chi connectivity index (χ0v) is 19.1. The second-order valence-corrected chi connectivity index (χ2v) is 7.77. The fourth-order valence-electron chi connectivity index (χ4n) is 3.23. The highest BCUT2D eigenvalue weighted by atomic mass is 35.5. The van der Waals surface area contributed by atoms with Gasteiger partial charge >= 0.3 is 0 Å². The highest BCUT2D eigenvalue weighted by Crippen LogP contribution is 2.34. The molecule has 1 heterocycles. The molecule has 33 heavy (non-hydrogen) atoms. The number of rotatable bonds is 6. The summed E-state index contributed by atoms with van der Waals surface area (Å²) in [6.45, 7) is 0. The lowest BCUT2D eigenvalue weighted by Gasteiger charge is -2.09. The average molecular weight is 486 g/mol. The molecule has 9 heteroatoms. The Labute approximate surface area is 199 Å². The van der Waals surface area contributed by atoms with Crippen LogP contribution in [0, 0.1) is 5.82 Å². The van der Waals surface area contributed by atoms with Crippen LogP contribution in [-0.4, -0.2) is 29.9 Å². The van der Waals surface area contributed by atoms with E-state index < -0.39 is 11.7 Å². The van der Waals surface area contributed by atoms with Crippen molar-refractivity contribution in [3.05, 3.63) is 88.3 Å². The van der Waals surface area contributed by atoms with Crippen molar-refractivity contribution in [3.63, 3.8) is 0 Å². The maximum atomic E-state index is 13.2. The Morgan fingerprint density at radius 3 is 2.36 bits per heavy atom. The molecule has 1 amide bonds. The molecule has 168 valence electrons. The van der Waals surface area contributed by atoms with Gasteiger partial charge in [0.25, 0.3) is 5.91 Å². The smallest absolute Gasteiger partial charge is 0.274 e. The lowest BCUT2D eigenvalue weighted by Crippen LogP contribution is -2.17. The summed E-state index contributed by atoms with van der Waals surface area (Å²) < 4.78 is 25.5. The van der Waals surface area contributed by atoms with E-state index in [9.17, 15) is 9.18 Å². The Kier molecular flexibility index (Phi) is 6.53. The van der Waals surface area contributed by atoms with Gasteiger partial charge in [0.05, 0.1) is 35.6 Å². The molecule has 0 saturated heterocycles. The third-order valence-corrected chi connectivity index (χ3v) is 5.62. The van der Waals surface area contributed by atoms with Crippen molar-refractivity contribution < 1.29 is 18.7 Å². The van der Waals surface area contributed by atoms with E-state index in [0.717, 1.165) is 0 Å². The molecule has 0 unspecified atom stereocenters. The summed E-state index contributed by atoms with van der Waals surface area (Å²) in [5.74, 6) is 0.300. The van der Waals surface area contributed by atoms with Gasteiger partial charge in [-0.1, -0.05) is 23.2 Å². The largest absolute Gasteiger partial charge is 0.497 e. The van der Waals surface area contributed by atoms with Crippen molar-refractivity contribution >= 4 is 34.8 Å². The Hall–Kier alpha value is -3.55. The van der Waals surface area contributed by atoms with Gasteiger partial charge in [0.2, 0.25) is 0 Å². The number of amides is 1. The highest BCUT2D eigenvalue weighted by Gasteiger charge is 2.20. The molecule has 4 rings (SSSR count). The molecule has 0 radical (unpaired) electrons. The quantitative estimate of drug-likeness (QED) is 0.350. The SMILES string of the molecule is COc1ccc(-c2cc(C(=O)Nc3ccc(F)cc3)n(-c3ccc(Cl)c(Cl)c3)n2)c(OC)c1. The second kappa shape index (κ2) is 9.52. The van der Waals surface area contributed by atoms with Crippen LogP contribution in [0.3, 0.4) is 0 Å². The fraction of sp³-hybridized carbons (Fsp3) is 0.0833. The highest BCUT2D eigenvalue weighted by molar-refractivity contribution is 6.42. The van der Waals surface area contributed by atoms with Crippen molar-refractivity contribution in [3.8, 4) is 28.4 Å². The van der Waals surface area contributed by atoms with Crippen LogP contribution in [0.25, 0.3) is 16.9 Å². The summed E-state index contributed by atoms with van der Waals surface area (Å²) in [5, 5.41) is 8.09. The van der Waals surface area contributed by atoms with Gasteiger partial charge in [-0.15, -0.1) is 0 Å². The first-order chi connectivity index (χ1) is 15.9. The molecule has 4 aromatic rings. The second-order valence-electron chi connectivity index (χ2n) is 6.95. The van der Waals surface area contributed by atoms with Gasteiger partial charge in [-0.25, -0.2) is 9.07 Å². The minimum Gasteiger partial charge on any atom is -0.497 e. The van der Waals surface area contributed by atoms with Crippen molar-refractivity contribution in [2.45, 2.75) is 0 Å². The summed E-state index contributed by atoms with van der Waals surface area (Å²) in [4.78, 5) is 13.2. The van der Waals surface area contributed by atoms with Crippen LogP contribution < -0.4 is 14.8 Å². The molecule has 1 aromatic heterocycles. The Balaban J connectivity index is 1.82. The van der Waals surface area contributed by atoms with Crippen LogP contribution in [0.4, 0.5) is 10.1 Å². The van der Waals surface area contributed by atoms with E-state index in [1.54, 1.807) is 49.6 Å². The first-order valence-electron chi connectivity index (χ1n) is 9.74. The molecular formula is C24H18Cl2FN3O3. The standard InChI is InChI=1S/C24H18Cl2FN3O3/c1-32-17-8-9-18(23(12-17)33-2)21-13-22(24(31)28-15-5-3-14(27)4-6-15)30(29-21)16-7-10-19(25)20(26)11-16/h3-13H,1-2H3,(H,28,31). The number of carbonyl (C=O) groups excluding carboxylic acids is 1. The zero-order chi connectivity index (χ0) is 23.5. The minimum absolute atomic E-state index is 0.227. The molecule has 0 aliphatic rings. The Morgan fingerprint density at radius 1 is 0.939 bits per heavy atom. The Bertz CT molecular complexity index is 1320. The average Bonchev–Trinajstić information content (AvgIpc) is 3.27. The maximum Gasteiger partial charge on any atom is 0.274 e. The first kappa shape index (κ1) is 22.6. The van der Waals surface area contributed by atoms with Crippen LogP contribution >= 0.6 is 23.2 Å². The van der Waals surface area contributed by atoms with E-state index in [1.165, 1.54) is 36.1 Å². The number of halogens is 3.